The van der Waals surface area contributed by atoms with Gasteiger partial charge in [-0.15, -0.1) is 0 Å². The van der Waals surface area contributed by atoms with E-state index in [2.05, 4.69) is 5.32 Å². The first-order valence-electron chi connectivity index (χ1n) is 8.50. The van der Waals surface area contributed by atoms with Crippen molar-refractivity contribution in [1.82, 2.24) is 4.90 Å². The normalized spacial score (nSPS) is 17.0. The van der Waals surface area contributed by atoms with Gasteiger partial charge in [0.2, 0.25) is 5.91 Å². The maximum Gasteiger partial charge on any atom is 0.254 e. The summed E-state index contributed by atoms with van der Waals surface area (Å²) in [5, 5.41) is 2.71. The second-order valence-corrected chi connectivity index (χ2v) is 6.21. The van der Waals surface area contributed by atoms with Crippen molar-refractivity contribution < 1.29 is 14.3 Å². The van der Waals surface area contributed by atoms with Gasteiger partial charge in [0.1, 0.15) is 11.9 Å². The molecule has 1 unspecified atom stereocenters. The third kappa shape index (κ3) is 4.59. The van der Waals surface area contributed by atoms with Gasteiger partial charge in [0, 0.05) is 24.7 Å². The standard InChI is InChI=1S/C20H22N2O3/c1-15(23)21-17-8-5-7-16(13-17)20(24)22-12-6-11-19(14-22)25-18-9-3-2-4-10-18/h2-5,7-10,13,19H,6,11-12,14H2,1H3,(H,21,23). The number of para-hydroxylation sites is 1. The lowest BCUT2D eigenvalue weighted by Crippen LogP contribution is -2.44. The first-order valence-corrected chi connectivity index (χ1v) is 8.50. The van der Waals surface area contributed by atoms with E-state index in [4.69, 9.17) is 4.74 Å². The van der Waals surface area contributed by atoms with Crippen molar-refractivity contribution in [1.29, 1.82) is 0 Å². The van der Waals surface area contributed by atoms with E-state index < -0.39 is 0 Å². The van der Waals surface area contributed by atoms with Crippen LogP contribution >= 0.6 is 0 Å². The fourth-order valence-corrected chi connectivity index (χ4v) is 3.03. The summed E-state index contributed by atoms with van der Waals surface area (Å²) < 4.78 is 6.00. The Balaban J connectivity index is 1.66. The molecule has 3 rings (SSSR count). The van der Waals surface area contributed by atoms with Crippen LogP contribution in [-0.4, -0.2) is 35.9 Å². The van der Waals surface area contributed by atoms with Crippen molar-refractivity contribution in [2.24, 2.45) is 0 Å². The van der Waals surface area contributed by atoms with Crippen LogP contribution in [0.4, 0.5) is 5.69 Å². The van der Waals surface area contributed by atoms with Crippen LogP contribution < -0.4 is 10.1 Å². The van der Waals surface area contributed by atoms with Gasteiger partial charge in [0.25, 0.3) is 5.91 Å². The molecule has 1 aliphatic heterocycles. The van der Waals surface area contributed by atoms with Crippen molar-refractivity contribution in [3.05, 3.63) is 60.2 Å². The average molecular weight is 338 g/mol. The van der Waals surface area contributed by atoms with E-state index >= 15 is 0 Å². The molecule has 1 saturated heterocycles. The van der Waals surface area contributed by atoms with Crippen LogP contribution in [0, 0.1) is 0 Å². The number of hydrogen-bond donors (Lipinski definition) is 1. The Labute approximate surface area is 147 Å². The topological polar surface area (TPSA) is 58.6 Å². The number of nitrogens with zero attached hydrogens (tertiary/aromatic N) is 1. The van der Waals surface area contributed by atoms with Crippen molar-refractivity contribution >= 4 is 17.5 Å². The van der Waals surface area contributed by atoms with Gasteiger partial charge in [-0.05, 0) is 43.2 Å². The third-order valence-electron chi connectivity index (χ3n) is 4.14. The van der Waals surface area contributed by atoms with Gasteiger partial charge < -0.3 is 15.0 Å². The van der Waals surface area contributed by atoms with Crippen LogP contribution in [0.2, 0.25) is 0 Å². The van der Waals surface area contributed by atoms with Gasteiger partial charge in [-0.1, -0.05) is 24.3 Å². The highest BCUT2D eigenvalue weighted by molar-refractivity contribution is 5.96. The molecule has 0 saturated carbocycles. The van der Waals surface area contributed by atoms with Crippen LogP contribution in [-0.2, 0) is 4.79 Å². The van der Waals surface area contributed by atoms with Gasteiger partial charge in [-0.3, -0.25) is 9.59 Å². The van der Waals surface area contributed by atoms with E-state index in [0.717, 1.165) is 25.1 Å². The number of carbonyl (C=O) groups is 2. The predicted molar refractivity (Wildman–Crippen MR) is 96.7 cm³/mol. The molecule has 2 aromatic carbocycles. The van der Waals surface area contributed by atoms with Gasteiger partial charge >= 0.3 is 0 Å². The number of piperidine rings is 1. The number of nitrogens with one attached hydrogen (secondary N) is 1. The summed E-state index contributed by atoms with van der Waals surface area (Å²) in [5.41, 5.74) is 1.21. The Bertz CT molecular complexity index is 746. The summed E-state index contributed by atoms with van der Waals surface area (Å²) in [6, 6.07) is 16.7. The highest BCUT2D eigenvalue weighted by Crippen LogP contribution is 2.20. The Morgan fingerprint density at radius 3 is 2.68 bits per heavy atom. The molecule has 130 valence electrons. The van der Waals surface area contributed by atoms with E-state index in [9.17, 15) is 9.59 Å². The molecule has 0 spiro atoms. The molecule has 0 aromatic heterocycles. The molecule has 2 aromatic rings. The summed E-state index contributed by atoms with van der Waals surface area (Å²) in [6.07, 6.45) is 1.85. The average Bonchev–Trinajstić information content (AvgIpc) is 2.62. The quantitative estimate of drug-likeness (QED) is 0.930. The van der Waals surface area contributed by atoms with Gasteiger partial charge in [0.15, 0.2) is 0 Å². The third-order valence-corrected chi connectivity index (χ3v) is 4.14. The number of amides is 2. The molecule has 2 amide bonds. The number of carbonyl (C=O) groups excluding carboxylic acids is 2. The summed E-state index contributed by atoms with van der Waals surface area (Å²) >= 11 is 0. The highest BCUT2D eigenvalue weighted by atomic mass is 16.5. The van der Waals surface area contributed by atoms with Crippen LogP contribution in [0.15, 0.2) is 54.6 Å². The van der Waals surface area contributed by atoms with Gasteiger partial charge in [0.05, 0.1) is 6.54 Å². The zero-order valence-electron chi connectivity index (χ0n) is 14.3. The SMILES string of the molecule is CC(=O)Nc1cccc(C(=O)N2CCCC(Oc3ccccc3)C2)c1. The minimum Gasteiger partial charge on any atom is -0.489 e. The molecular formula is C20H22N2O3. The molecule has 0 aliphatic carbocycles. The highest BCUT2D eigenvalue weighted by Gasteiger charge is 2.25. The largest absolute Gasteiger partial charge is 0.489 e. The fourth-order valence-electron chi connectivity index (χ4n) is 3.03. The number of likely N-dealkylation sites (tertiary alicyclic amines) is 1. The number of rotatable bonds is 4. The van der Waals surface area contributed by atoms with Crippen molar-refractivity contribution in [3.8, 4) is 5.75 Å². The second kappa shape index (κ2) is 7.83. The molecule has 5 heteroatoms. The summed E-state index contributed by atoms with van der Waals surface area (Å²) in [6.45, 7) is 2.74. The number of benzene rings is 2. The molecule has 5 nitrogen and oxygen atoms in total. The van der Waals surface area contributed by atoms with E-state index in [1.165, 1.54) is 6.92 Å². The van der Waals surface area contributed by atoms with Crippen molar-refractivity contribution in [2.45, 2.75) is 25.9 Å². The molecule has 1 atom stereocenters. The molecule has 1 fully saturated rings. The molecule has 1 N–H and O–H groups in total. The van der Waals surface area contributed by atoms with Crippen LogP contribution in [0.25, 0.3) is 0 Å². The lowest BCUT2D eigenvalue weighted by Gasteiger charge is -2.33. The molecular weight excluding hydrogens is 316 g/mol. The zero-order valence-corrected chi connectivity index (χ0v) is 14.3. The minimum absolute atomic E-state index is 0.00127. The lowest BCUT2D eigenvalue weighted by atomic mass is 10.1. The minimum atomic E-state index is -0.154. The molecule has 25 heavy (non-hydrogen) atoms. The summed E-state index contributed by atoms with van der Waals surface area (Å²) in [4.78, 5) is 25.8. The first-order chi connectivity index (χ1) is 12.1. The van der Waals surface area contributed by atoms with E-state index in [-0.39, 0.29) is 17.9 Å². The molecule has 1 heterocycles. The summed E-state index contributed by atoms with van der Waals surface area (Å²) in [7, 11) is 0. The van der Waals surface area contributed by atoms with Gasteiger partial charge in [-0.2, -0.15) is 0 Å². The van der Waals surface area contributed by atoms with E-state index in [0.29, 0.717) is 17.8 Å². The van der Waals surface area contributed by atoms with Gasteiger partial charge in [-0.25, -0.2) is 0 Å². The number of hydrogen-bond acceptors (Lipinski definition) is 3. The predicted octanol–water partition coefficient (Wildman–Crippen LogP) is 3.33. The fraction of sp³-hybridized carbons (Fsp3) is 0.300. The van der Waals surface area contributed by atoms with Crippen molar-refractivity contribution in [3.63, 3.8) is 0 Å². The van der Waals surface area contributed by atoms with Crippen LogP contribution in [0.3, 0.4) is 0 Å². The Morgan fingerprint density at radius 1 is 1.12 bits per heavy atom. The maximum absolute atomic E-state index is 12.8. The van der Waals surface area contributed by atoms with Crippen LogP contribution in [0.5, 0.6) is 5.75 Å². The second-order valence-electron chi connectivity index (χ2n) is 6.21. The van der Waals surface area contributed by atoms with E-state index in [1.54, 1.807) is 24.3 Å². The first kappa shape index (κ1) is 17.0. The Kier molecular flexibility index (Phi) is 5.33. The smallest absolute Gasteiger partial charge is 0.254 e. The zero-order chi connectivity index (χ0) is 17.6. The molecule has 0 radical (unpaired) electrons. The Morgan fingerprint density at radius 2 is 1.92 bits per heavy atom. The van der Waals surface area contributed by atoms with E-state index in [1.807, 2.05) is 35.2 Å². The lowest BCUT2D eigenvalue weighted by molar-refractivity contribution is -0.114. The summed E-state index contributed by atoms with van der Waals surface area (Å²) in [5.74, 6) is 0.641. The monoisotopic (exact) mass is 338 g/mol. The molecule has 0 bridgehead atoms. The number of anilines is 1. The Hall–Kier alpha value is -2.82. The number of ether oxygens (including phenoxy) is 1. The maximum atomic E-state index is 12.8. The van der Waals surface area contributed by atoms with Crippen LogP contribution in [0.1, 0.15) is 30.1 Å². The van der Waals surface area contributed by atoms with Crippen molar-refractivity contribution in [2.75, 3.05) is 18.4 Å². The molecule has 1 aliphatic rings.